The fourth-order valence-electron chi connectivity index (χ4n) is 2.22. The van der Waals surface area contributed by atoms with E-state index in [2.05, 4.69) is 13.8 Å². The Kier molecular flexibility index (Phi) is 7.38. The first-order chi connectivity index (χ1) is 9.44. The molecule has 0 atom stereocenters. The molecule has 0 bridgehead atoms. The summed E-state index contributed by atoms with van der Waals surface area (Å²) in [5.41, 5.74) is 0.653. The molecule has 0 saturated carbocycles. The van der Waals surface area contributed by atoms with Gasteiger partial charge in [-0.25, -0.2) is 8.78 Å². The lowest BCUT2D eigenvalue weighted by Crippen LogP contribution is -2.22. The second-order valence-corrected chi connectivity index (χ2v) is 6.38. The summed E-state index contributed by atoms with van der Waals surface area (Å²) in [5.74, 6) is -0.925. The van der Waals surface area contributed by atoms with Crippen LogP contribution in [0.1, 0.15) is 57.9 Å². The van der Waals surface area contributed by atoms with Crippen molar-refractivity contribution in [2.45, 2.75) is 64.4 Å². The quantitative estimate of drug-likeness (QED) is 0.496. The van der Waals surface area contributed by atoms with E-state index in [0.717, 1.165) is 35.8 Å². The Hall–Kier alpha value is -0.743. The van der Waals surface area contributed by atoms with Gasteiger partial charge in [0.1, 0.15) is 22.1 Å². The van der Waals surface area contributed by atoms with Crippen molar-refractivity contribution in [3.05, 3.63) is 35.4 Å². The lowest BCUT2D eigenvalue weighted by Gasteiger charge is -2.23. The summed E-state index contributed by atoms with van der Waals surface area (Å²) in [6.07, 6.45) is 7.40. The monoisotopic (exact) mass is 300 g/mol. The third kappa shape index (κ3) is 6.62. The molecule has 0 spiro atoms. The summed E-state index contributed by atoms with van der Waals surface area (Å²) in [7, 11) is 0.789. The van der Waals surface area contributed by atoms with Crippen molar-refractivity contribution in [2.24, 2.45) is 0 Å². The number of rotatable bonds is 9. The third-order valence-corrected chi connectivity index (χ3v) is 4.90. The van der Waals surface area contributed by atoms with Gasteiger partial charge in [-0.15, -0.1) is 0 Å². The minimum absolute atomic E-state index is 0.0312. The van der Waals surface area contributed by atoms with Crippen molar-refractivity contribution in [3.63, 3.8) is 0 Å². The van der Waals surface area contributed by atoms with Gasteiger partial charge in [0, 0.05) is 11.7 Å². The van der Waals surface area contributed by atoms with Crippen molar-refractivity contribution in [1.29, 1.82) is 0 Å². The standard InChI is InChI=1S/C16H26F2OSi/c1-16(2,19-20)11-7-5-3-4-6-8-13-9-10-14(17)12-15(13)18/h9-10,12H,3-8,11H2,1-2,20H3. The maximum absolute atomic E-state index is 13.4. The van der Waals surface area contributed by atoms with Crippen LogP contribution in [0.4, 0.5) is 8.78 Å². The Bertz CT molecular complexity index is 407. The molecule has 0 fully saturated rings. The van der Waals surface area contributed by atoms with E-state index >= 15 is 0 Å². The molecule has 0 unspecified atom stereocenters. The van der Waals surface area contributed by atoms with Gasteiger partial charge in [0.15, 0.2) is 0 Å². The second-order valence-electron chi connectivity index (χ2n) is 5.97. The molecule has 0 aromatic heterocycles. The summed E-state index contributed by atoms with van der Waals surface area (Å²) in [6.45, 7) is 4.27. The van der Waals surface area contributed by atoms with E-state index in [1.165, 1.54) is 25.3 Å². The molecule has 0 heterocycles. The maximum atomic E-state index is 13.4. The number of hydrogen-bond acceptors (Lipinski definition) is 1. The predicted octanol–water partition coefficient (Wildman–Crippen LogP) is 3.92. The highest BCUT2D eigenvalue weighted by molar-refractivity contribution is 5.98. The van der Waals surface area contributed by atoms with E-state index in [0.29, 0.717) is 12.0 Å². The molecule has 4 heteroatoms. The van der Waals surface area contributed by atoms with Gasteiger partial charge in [-0.2, -0.15) is 0 Å². The van der Waals surface area contributed by atoms with Crippen molar-refractivity contribution in [3.8, 4) is 0 Å². The number of halogens is 2. The van der Waals surface area contributed by atoms with Gasteiger partial charge in [-0.3, -0.25) is 0 Å². The Morgan fingerprint density at radius 1 is 1.05 bits per heavy atom. The fraction of sp³-hybridized carbons (Fsp3) is 0.625. The molecule has 0 aliphatic rings. The van der Waals surface area contributed by atoms with Crippen LogP contribution in [0, 0.1) is 11.6 Å². The molecular formula is C16H26F2OSi. The average molecular weight is 300 g/mol. The Labute approximate surface area is 124 Å². The van der Waals surface area contributed by atoms with Crippen LogP contribution in [-0.4, -0.2) is 16.1 Å². The predicted molar refractivity (Wildman–Crippen MR) is 82.9 cm³/mol. The van der Waals surface area contributed by atoms with Gasteiger partial charge < -0.3 is 4.43 Å². The molecule has 1 nitrogen and oxygen atoms in total. The van der Waals surface area contributed by atoms with Crippen LogP contribution in [-0.2, 0) is 10.8 Å². The SMILES string of the molecule is CC(C)(CCCCCCCc1ccc(F)cc1F)O[SiH3]. The zero-order valence-electron chi connectivity index (χ0n) is 12.8. The fourth-order valence-corrected chi connectivity index (χ4v) is 2.43. The number of benzene rings is 1. The van der Waals surface area contributed by atoms with E-state index in [1.54, 1.807) is 6.07 Å². The molecule has 1 aromatic carbocycles. The molecule has 0 saturated heterocycles. The van der Waals surface area contributed by atoms with Crippen LogP contribution >= 0.6 is 0 Å². The molecule has 1 aromatic rings. The minimum Gasteiger partial charge on any atom is -0.423 e. The molecule has 0 aliphatic heterocycles. The van der Waals surface area contributed by atoms with E-state index in [1.807, 2.05) is 0 Å². The van der Waals surface area contributed by atoms with E-state index in [-0.39, 0.29) is 5.60 Å². The van der Waals surface area contributed by atoms with Crippen LogP contribution in [0.2, 0.25) is 0 Å². The zero-order chi connectivity index (χ0) is 15.0. The van der Waals surface area contributed by atoms with Crippen LogP contribution in [0.3, 0.4) is 0 Å². The number of hydrogen-bond donors (Lipinski definition) is 0. The number of aryl methyl sites for hydroxylation is 1. The third-order valence-electron chi connectivity index (χ3n) is 3.79. The first kappa shape index (κ1) is 17.3. The van der Waals surface area contributed by atoms with Crippen molar-refractivity contribution < 1.29 is 13.2 Å². The van der Waals surface area contributed by atoms with Gasteiger partial charge in [-0.05, 0) is 44.7 Å². The van der Waals surface area contributed by atoms with Crippen LogP contribution in [0.5, 0.6) is 0 Å². The van der Waals surface area contributed by atoms with Gasteiger partial charge >= 0.3 is 0 Å². The normalized spacial score (nSPS) is 12.0. The van der Waals surface area contributed by atoms with Gasteiger partial charge in [0.2, 0.25) is 0 Å². The number of unbranched alkanes of at least 4 members (excludes halogenated alkanes) is 4. The summed E-state index contributed by atoms with van der Waals surface area (Å²) < 4.78 is 31.7. The van der Waals surface area contributed by atoms with Crippen LogP contribution in [0.15, 0.2) is 18.2 Å². The smallest absolute Gasteiger partial charge is 0.146 e. The Morgan fingerprint density at radius 3 is 2.35 bits per heavy atom. The molecule has 0 radical (unpaired) electrons. The van der Waals surface area contributed by atoms with Crippen LogP contribution < -0.4 is 0 Å². The lowest BCUT2D eigenvalue weighted by atomic mass is 9.99. The topological polar surface area (TPSA) is 9.23 Å². The highest BCUT2D eigenvalue weighted by Crippen LogP contribution is 2.18. The van der Waals surface area contributed by atoms with Crippen LogP contribution in [0.25, 0.3) is 0 Å². The summed E-state index contributed by atoms with van der Waals surface area (Å²) in [6, 6.07) is 3.84. The van der Waals surface area contributed by atoms with Gasteiger partial charge in [0.25, 0.3) is 0 Å². The Morgan fingerprint density at radius 2 is 1.70 bits per heavy atom. The highest BCUT2D eigenvalue weighted by Gasteiger charge is 2.14. The maximum Gasteiger partial charge on any atom is 0.146 e. The molecular weight excluding hydrogens is 274 g/mol. The largest absolute Gasteiger partial charge is 0.423 e. The van der Waals surface area contributed by atoms with Gasteiger partial charge in [0.05, 0.1) is 0 Å². The summed E-state index contributed by atoms with van der Waals surface area (Å²) in [4.78, 5) is 0. The molecule has 114 valence electrons. The van der Waals surface area contributed by atoms with Crippen molar-refractivity contribution >= 4 is 10.5 Å². The average Bonchev–Trinajstić information content (AvgIpc) is 2.40. The van der Waals surface area contributed by atoms with Gasteiger partial charge in [-0.1, -0.05) is 31.7 Å². The van der Waals surface area contributed by atoms with E-state index < -0.39 is 11.6 Å². The minimum atomic E-state index is -0.505. The highest BCUT2D eigenvalue weighted by atomic mass is 28.2. The summed E-state index contributed by atoms with van der Waals surface area (Å²) >= 11 is 0. The lowest BCUT2D eigenvalue weighted by molar-refractivity contribution is 0.109. The molecule has 0 N–H and O–H groups in total. The molecule has 20 heavy (non-hydrogen) atoms. The second kappa shape index (κ2) is 8.52. The first-order valence-corrected chi connectivity index (χ1v) is 8.25. The molecule has 1 rings (SSSR count). The Balaban J connectivity index is 2.10. The van der Waals surface area contributed by atoms with Crippen molar-refractivity contribution in [2.75, 3.05) is 0 Å². The molecule has 0 amide bonds. The van der Waals surface area contributed by atoms with Crippen molar-refractivity contribution in [1.82, 2.24) is 0 Å². The summed E-state index contributed by atoms with van der Waals surface area (Å²) in [5, 5.41) is 0. The molecule has 0 aliphatic carbocycles. The first-order valence-electron chi connectivity index (χ1n) is 7.44. The zero-order valence-corrected chi connectivity index (χ0v) is 14.8. The van der Waals surface area contributed by atoms with E-state index in [9.17, 15) is 8.78 Å². The van der Waals surface area contributed by atoms with E-state index in [4.69, 9.17) is 4.43 Å².